The molecule has 6 heteroatoms. The number of rotatable bonds is 2. The fraction of sp³-hybridized carbons (Fsp3) is 0.579. The van der Waals surface area contributed by atoms with Crippen molar-refractivity contribution in [1.29, 1.82) is 0 Å². The Bertz CT molecular complexity index is 639. The van der Waals surface area contributed by atoms with Gasteiger partial charge in [-0.25, -0.2) is 4.39 Å². The van der Waals surface area contributed by atoms with Crippen LogP contribution in [0.1, 0.15) is 31.9 Å². The first kappa shape index (κ1) is 17.9. The molecule has 3 rings (SSSR count). The fourth-order valence-corrected chi connectivity index (χ4v) is 4.00. The number of nitrogens with zero attached hydrogens (tertiary/aromatic N) is 2. The number of hydrogen-bond acceptors (Lipinski definition) is 3. The molecule has 0 spiro atoms. The molecule has 0 N–H and O–H groups in total. The Morgan fingerprint density at radius 2 is 1.76 bits per heavy atom. The summed E-state index contributed by atoms with van der Waals surface area (Å²) in [5.41, 5.74) is 0.702. The largest absolute Gasteiger partial charge is 0.356 e. The zero-order valence-corrected chi connectivity index (χ0v) is 14.9. The molecule has 0 aliphatic carbocycles. The smallest absolute Gasteiger partial charge is 0.254 e. The van der Waals surface area contributed by atoms with Gasteiger partial charge in [-0.05, 0) is 36.0 Å². The van der Waals surface area contributed by atoms with Gasteiger partial charge in [0.05, 0.1) is 6.04 Å². The molecule has 2 aliphatic heterocycles. The molecular formula is C19H25FN2O3. The zero-order chi connectivity index (χ0) is 18.1. The summed E-state index contributed by atoms with van der Waals surface area (Å²) >= 11 is 0. The average Bonchev–Trinajstić information content (AvgIpc) is 2.57. The van der Waals surface area contributed by atoms with E-state index in [0.717, 1.165) is 6.42 Å². The summed E-state index contributed by atoms with van der Waals surface area (Å²) in [5.74, 6) is 0.265. The molecule has 0 unspecified atom stereocenters. The quantitative estimate of drug-likeness (QED) is 0.824. The molecule has 1 aromatic carbocycles. The van der Waals surface area contributed by atoms with Crippen LogP contribution in [-0.2, 0) is 14.3 Å². The van der Waals surface area contributed by atoms with Crippen molar-refractivity contribution in [3.8, 4) is 0 Å². The maximum absolute atomic E-state index is 13.3. The van der Waals surface area contributed by atoms with E-state index >= 15 is 0 Å². The van der Waals surface area contributed by atoms with Gasteiger partial charge in [0.15, 0.2) is 6.10 Å². The van der Waals surface area contributed by atoms with Crippen LogP contribution in [0.2, 0.25) is 0 Å². The first-order chi connectivity index (χ1) is 11.9. The first-order valence-corrected chi connectivity index (χ1v) is 8.78. The SMILES string of the molecule is C[C@@H]1C[C@H](C)CN(C(=O)[C@H]2OCC(=O)N(C)[C@H]2c2ccc(F)cc2)C1. The molecule has 0 aromatic heterocycles. The maximum Gasteiger partial charge on any atom is 0.254 e. The Labute approximate surface area is 147 Å². The Hall–Kier alpha value is -1.95. The Morgan fingerprint density at radius 3 is 2.36 bits per heavy atom. The molecule has 0 radical (unpaired) electrons. The third kappa shape index (κ3) is 3.68. The summed E-state index contributed by atoms with van der Waals surface area (Å²) in [7, 11) is 1.67. The van der Waals surface area contributed by atoms with Gasteiger partial charge in [-0.1, -0.05) is 26.0 Å². The van der Waals surface area contributed by atoms with Crippen LogP contribution < -0.4 is 0 Å². The number of morpholine rings is 1. The minimum absolute atomic E-state index is 0.0907. The van der Waals surface area contributed by atoms with Crippen molar-refractivity contribution >= 4 is 11.8 Å². The average molecular weight is 348 g/mol. The highest BCUT2D eigenvalue weighted by atomic mass is 19.1. The van der Waals surface area contributed by atoms with Crippen LogP contribution in [0, 0.1) is 17.7 Å². The predicted molar refractivity (Wildman–Crippen MR) is 91.2 cm³/mol. The molecule has 2 heterocycles. The highest BCUT2D eigenvalue weighted by Gasteiger charge is 2.42. The van der Waals surface area contributed by atoms with E-state index in [1.54, 1.807) is 19.2 Å². The lowest BCUT2D eigenvalue weighted by Crippen LogP contribution is -2.55. The standard InChI is InChI=1S/C19H25FN2O3/c1-12-8-13(2)10-22(9-12)19(24)18-17(21(3)16(23)11-25-18)14-4-6-15(20)7-5-14/h4-7,12-13,17-18H,8-11H2,1-3H3/t12-,13+,17-,18-/m0/s1. The molecule has 1 aromatic rings. The molecule has 2 amide bonds. The number of amides is 2. The molecule has 4 atom stereocenters. The van der Waals surface area contributed by atoms with E-state index in [1.807, 2.05) is 4.90 Å². The second-order valence-corrected chi connectivity index (χ2v) is 7.42. The maximum atomic E-state index is 13.3. The molecular weight excluding hydrogens is 323 g/mol. The van der Waals surface area contributed by atoms with Crippen LogP contribution in [0.4, 0.5) is 4.39 Å². The number of carbonyl (C=O) groups excluding carboxylic acids is 2. The lowest BCUT2D eigenvalue weighted by atomic mass is 9.90. The van der Waals surface area contributed by atoms with Gasteiger partial charge in [-0.15, -0.1) is 0 Å². The molecule has 2 fully saturated rings. The second-order valence-electron chi connectivity index (χ2n) is 7.42. The molecule has 136 valence electrons. The van der Waals surface area contributed by atoms with E-state index in [1.165, 1.54) is 17.0 Å². The fourth-order valence-electron chi connectivity index (χ4n) is 4.00. The lowest BCUT2D eigenvalue weighted by molar-refractivity contribution is -0.168. The number of halogens is 1. The monoisotopic (exact) mass is 348 g/mol. The van der Waals surface area contributed by atoms with Crippen LogP contribution in [0.3, 0.4) is 0 Å². The third-order valence-electron chi connectivity index (χ3n) is 5.12. The molecule has 2 aliphatic rings. The van der Waals surface area contributed by atoms with Gasteiger partial charge in [0, 0.05) is 20.1 Å². The van der Waals surface area contributed by atoms with Gasteiger partial charge in [0.1, 0.15) is 12.4 Å². The second kappa shape index (κ2) is 7.12. The number of ether oxygens (including phenoxy) is 1. The number of likely N-dealkylation sites (tertiary alicyclic amines) is 1. The number of hydrogen-bond donors (Lipinski definition) is 0. The summed E-state index contributed by atoms with van der Waals surface area (Å²) in [5, 5.41) is 0. The third-order valence-corrected chi connectivity index (χ3v) is 5.12. The van der Waals surface area contributed by atoms with E-state index in [2.05, 4.69) is 13.8 Å². The minimum Gasteiger partial charge on any atom is -0.356 e. The lowest BCUT2D eigenvalue weighted by Gasteiger charge is -2.42. The number of benzene rings is 1. The van der Waals surface area contributed by atoms with Crippen molar-refractivity contribution in [2.75, 3.05) is 26.7 Å². The molecule has 0 saturated carbocycles. The first-order valence-electron chi connectivity index (χ1n) is 8.78. The summed E-state index contributed by atoms with van der Waals surface area (Å²) in [6, 6.07) is 5.37. The van der Waals surface area contributed by atoms with Crippen molar-refractivity contribution in [2.45, 2.75) is 32.4 Å². The van der Waals surface area contributed by atoms with E-state index in [0.29, 0.717) is 30.5 Å². The van der Waals surface area contributed by atoms with Crippen molar-refractivity contribution in [2.24, 2.45) is 11.8 Å². The summed E-state index contributed by atoms with van der Waals surface area (Å²) in [6.45, 7) is 5.59. The van der Waals surface area contributed by atoms with Crippen molar-refractivity contribution < 1.29 is 18.7 Å². The number of piperidine rings is 1. The van der Waals surface area contributed by atoms with Gasteiger partial charge in [0.25, 0.3) is 5.91 Å². The van der Waals surface area contributed by atoms with Crippen LogP contribution in [0.25, 0.3) is 0 Å². The number of likely N-dealkylation sites (N-methyl/N-ethyl adjacent to an activating group) is 1. The van der Waals surface area contributed by atoms with E-state index in [-0.39, 0.29) is 24.2 Å². The van der Waals surface area contributed by atoms with E-state index < -0.39 is 12.1 Å². The molecule has 25 heavy (non-hydrogen) atoms. The normalized spacial score (nSPS) is 30.5. The van der Waals surface area contributed by atoms with Crippen LogP contribution in [-0.4, -0.2) is 54.5 Å². The van der Waals surface area contributed by atoms with Crippen molar-refractivity contribution in [3.63, 3.8) is 0 Å². The highest BCUT2D eigenvalue weighted by molar-refractivity contribution is 5.86. The van der Waals surface area contributed by atoms with Gasteiger partial charge in [-0.3, -0.25) is 9.59 Å². The summed E-state index contributed by atoms with van der Waals surface area (Å²) in [6.07, 6.45) is 0.348. The van der Waals surface area contributed by atoms with Crippen LogP contribution in [0.15, 0.2) is 24.3 Å². The van der Waals surface area contributed by atoms with Crippen LogP contribution in [0.5, 0.6) is 0 Å². The Morgan fingerprint density at radius 1 is 1.16 bits per heavy atom. The topological polar surface area (TPSA) is 49.9 Å². The van der Waals surface area contributed by atoms with E-state index in [4.69, 9.17) is 4.74 Å². The number of carbonyl (C=O) groups is 2. The highest BCUT2D eigenvalue weighted by Crippen LogP contribution is 2.32. The predicted octanol–water partition coefficient (Wildman–Crippen LogP) is 2.23. The van der Waals surface area contributed by atoms with Gasteiger partial charge >= 0.3 is 0 Å². The molecule has 2 saturated heterocycles. The van der Waals surface area contributed by atoms with Crippen molar-refractivity contribution in [1.82, 2.24) is 9.80 Å². The van der Waals surface area contributed by atoms with Gasteiger partial charge in [0.2, 0.25) is 5.91 Å². The minimum atomic E-state index is -0.759. The van der Waals surface area contributed by atoms with Crippen molar-refractivity contribution in [3.05, 3.63) is 35.6 Å². The Kier molecular flexibility index (Phi) is 5.08. The molecule has 5 nitrogen and oxygen atoms in total. The Balaban J connectivity index is 1.87. The van der Waals surface area contributed by atoms with Crippen LogP contribution >= 0.6 is 0 Å². The molecule has 0 bridgehead atoms. The van der Waals surface area contributed by atoms with Gasteiger partial charge in [-0.2, -0.15) is 0 Å². The summed E-state index contributed by atoms with van der Waals surface area (Å²) < 4.78 is 18.9. The van der Waals surface area contributed by atoms with E-state index in [9.17, 15) is 14.0 Å². The van der Waals surface area contributed by atoms with Gasteiger partial charge < -0.3 is 14.5 Å². The zero-order valence-electron chi connectivity index (χ0n) is 14.9. The summed E-state index contributed by atoms with van der Waals surface area (Å²) in [4.78, 5) is 28.6.